The van der Waals surface area contributed by atoms with Crippen molar-refractivity contribution in [3.8, 4) is 0 Å². The number of hydrogen-bond donors (Lipinski definition) is 2. The minimum atomic E-state index is -4.75. The lowest BCUT2D eigenvalue weighted by molar-refractivity contribution is -0.284. The lowest BCUT2D eigenvalue weighted by atomic mass is 9.94. The first kappa shape index (κ1) is 22.1. The Hall–Kier alpha value is -0.630. The molecule has 0 aromatic rings. The van der Waals surface area contributed by atoms with Crippen LogP contribution in [-0.4, -0.2) is 121 Å². The van der Waals surface area contributed by atoms with Crippen LogP contribution >= 0.6 is 11.8 Å². The van der Waals surface area contributed by atoms with Crippen molar-refractivity contribution < 1.29 is 37.6 Å². The van der Waals surface area contributed by atoms with Gasteiger partial charge in [-0.25, -0.2) is 0 Å². The fraction of sp³-hybridized carbons (Fsp3) is 0.938. The minimum Gasteiger partial charge on any atom is -0.388 e. The van der Waals surface area contributed by atoms with Crippen LogP contribution in [0.2, 0.25) is 0 Å². The van der Waals surface area contributed by atoms with Crippen molar-refractivity contribution in [1.82, 2.24) is 9.80 Å². The molecule has 162 valence electrons. The summed E-state index contributed by atoms with van der Waals surface area (Å²) in [6.45, 7) is 2.48. The van der Waals surface area contributed by atoms with E-state index in [1.54, 1.807) is 19.0 Å². The third-order valence-electron chi connectivity index (χ3n) is 4.90. The Morgan fingerprint density at radius 2 is 1.96 bits per heavy atom. The van der Waals surface area contributed by atoms with Crippen molar-refractivity contribution in [2.24, 2.45) is 4.99 Å². The number of hydrogen-bond acceptors (Lipinski definition) is 9. The molecular weight excluding hydrogens is 403 g/mol. The maximum Gasteiger partial charge on any atom is 0.417 e. The second-order valence-corrected chi connectivity index (χ2v) is 8.22. The maximum absolute atomic E-state index is 13.6. The number of thioether (sulfide) groups is 1. The van der Waals surface area contributed by atoms with Gasteiger partial charge < -0.3 is 29.3 Å². The molecule has 8 nitrogen and oxygen atoms in total. The van der Waals surface area contributed by atoms with Gasteiger partial charge in [0.2, 0.25) is 0 Å². The van der Waals surface area contributed by atoms with Crippen molar-refractivity contribution in [3.05, 3.63) is 0 Å². The van der Waals surface area contributed by atoms with Crippen molar-refractivity contribution in [2.45, 2.75) is 42.1 Å². The number of fused-ring (bicyclic) bond motifs is 1. The van der Waals surface area contributed by atoms with E-state index < -0.39 is 42.1 Å². The number of amidine groups is 1. The molecule has 2 N–H and O–H groups in total. The molecule has 2 fully saturated rings. The molecule has 0 spiro atoms. The summed E-state index contributed by atoms with van der Waals surface area (Å²) >= 11 is 1.12. The summed E-state index contributed by atoms with van der Waals surface area (Å²) in [4.78, 5) is 7.88. The summed E-state index contributed by atoms with van der Waals surface area (Å²) in [5.41, 5.74) is -0.812. The molecule has 0 bridgehead atoms. The van der Waals surface area contributed by atoms with Crippen LogP contribution in [0.1, 0.15) is 0 Å². The van der Waals surface area contributed by atoms with Gasteiger partial charge in [-0.15, -0.1) is 0 Å². The molecule has 0 aliphatic carbocycles. The highest BCUT2D eigenvalue weighted by molar-refractivity contribution is 8.14. The quantitative estimate of drug-likeness (QED) is 0.619. The minimum absolute atomic E-state index is 0.173. The summed E-state index contributed by atoms with van der Waals surface area (Å²) in [6, 6.07) is -0.823. The van der Waals surface area contributed by atoms with E-state index in [1.165, 1.54) is 0 Å². The molecule has 3 aliphatic heterocycles. The number of rotatable bonds is 5. The van der Waals surface area contributed by atoms with Gasteiger partial charge >= 0.3 is 6.18 Å². The predicted octanol–water partition coefficient (Wildman–Crippen LogP) is -0.254. The zero-order valence-electron chi connectivity index (χ0n) is 15.7. The molecule has 1 unspecified atom stereocenters. The van der Waals surface area contributed by atoms with Crippen LogP contribution < -0.4 is 0 Å². The summed E-state index contributed by atoms with van der Waals surface area (Å²) in [5.74, 6) is 0. The average Bonchev–Trinajstić information content (AvgIpc) is 3.07. The number of aliphatic imine (C=N–C) groups is 1. The molecule has 2 saturated heterocycles. The van der Waals surface area contributed by atoms with E-state index >= 15 is 0 Å². The molecule has 3 heterocycles. The zero-order valence-corrected chi connectivity index (χ0v) is 16.5. The van der Waals surface area contributed by atoms with Crippen LogP contribution in [0, 0.1) is 0 Å². The predicted molar refractivity (Wildman–Crippen MR) is 96.2 cm³/mol. The largest absolute Gasteiger partial charge is 0.417 e. The highest BCUT2D eigenvalue weighted by atomic mass is 32.2. The second kappa shape index (κ2) is 9.02. The van der Waals surface area contributed by atoms with Crippen LogP contribution in [-0.2, 0) is 14.2 Å². The first-order valence-electron chi connectivity index (χ1n) is 9.10. The Morgan fingerprint density at radius 3 is 2.57 bits per heavy atom. The lowest BCUT2D eigenvalue weighted by Crippen LogP contribution is -2.61. The van der Waals surface area contributed by atoms with Crippen LogP contribution in [0.25, 0.3) is 0 Å². The molecule has 0 aromatic carbocycles. The van der Waals surface area contributed by atoms with E-state index in [0.29, 0.717) is 38.0 Å². The number of nitrogens with zero attached hydrogens (tertiary/aromatic N) is 3. The number of aliphatic hydroxyl groups is 2. The first-order chi connectivity index (χ1) is 13.2. The molecule has 0 aromatic heterocycles. The number of alkyl halides is 3. The molecule has 6 atom stereocenters. The van der Waals surface area contributed by atoms with Crippen molar-refractivity contribution >= 4 is 16.9 Å². The highest BCUT2D eigenvalue weighted by Crippen LogP contribution is 2.40. The van der Waals surface area contributed by atoms with Gasteiger partial charge in [-0.3, -0.25) is 9.89 Å². The van der Waals surface area contributed by atoms with Gasteiger partial charge in [0.1, 0.15) is 29.8 Å². The van der Waals surface area contributed by atoms with Crippen LogP contribution in [0.4, 0.5) is 13.2 Å². The topological polar surface area (TPSA) is 87.0 Å². The molecule has 28 heavy (non-hydrogen) atoms. The van der Waals surface area contributed by atoms with Gasteiger partial charge in [0.25, 0.3) is 0 Å². The van der Waals surface area contributed by atoms with Crippen LogP contribution in [0.3, 0.4) is 0 Å². The Labute approximate surface area is 165 Å². The Balaban J connectivity index is 1.65. The van der Waals surface area contributed by atoms with Gasteiger partial charge in [-0.2, -0.15) is 13.2 Å². The summed E-state index contributed by atoms with van der Waals surface area (Å²) in [6.07, 6.45) is -12.1. The lowest BCUT2D eigenvalue weighted by Gasteiger charge is -2.42. The smallest absolute Gasteiger partial charge is 0.388 e. The monoisotopic (exact) mass is 429 g/mol. The zero-order chi connectivity index (χ0) is 20.5. The van der Waals surface area contributed by atoms with Crippen molar-refractivity contribution in [1.29, 1.82) is 0 Å². The van der Waals surface area contributed by atoms with Gasteiger partial charge in [0.15, 0.2) is 11.3 Å². The van der Waals surface area contributed by atoms with Crippen LogP contribution in [0.15, 0.2) is 4.99 Å². The molecule has 0 saturated carbocycles. The molecule has 3 aliphatic rings. The third-order valence-corrected chi connectivity index (χ3v) is 6.20. The average molecular weight is 429 g/mol. The van der Waals surface area contributed by atoms with E-state index in [2.05, 4.69) is 4.99 Å². The Morgan fingerprint density at radius 1 is 1.29 bits per heavy atom. The first-order valence-corrected chi connectivity index (χ1v) is 9.98. The fourth-order valence-electron chi connectivity index (χ4n) is 3.35. The van der Waals surface area contributed by atoms with Gasteiger partial charge in [0.05, 0.1) is 19.8 Å². The van der Waals surface area contributed by atoms with Gasteiger partial charge in [-0.1, -0.05) is 11.8 Å². The number of halogens is 3. The van der Waals surface area contributed by atoms with Gasteiger partial charge in [-0.05, 0) is 0 Å². The van der Waals surface area contributed by atoms with E-state index in [1.807, 2.05) is 4.90 Å². The Kier molecular flexibility index (Phi) is 7.11. The van der Waals surface area contributed by atoms with Crippen LogP contribution in [0.5, 0.6) is 0 Å². The number of ether oxygens (including phenoxy) is 3. The molecule has 0 amide bonds. The molecular formula is C16H26F3N3O5S. The number of morpholine rings is 1. The van der Waals surface area contributed by atoms with Crippen molar-refractivity contribution in [3.63, 3.8) is 0 Å². The molecule has 0 radical (unpaired) electrons. The normalized spacial score (nSPS) is 35.4. The molecule has 12 heteroatoms. The van der Waals surface area contributed by atoms with Crippen molar-refractivity contribution in [2.75, 3.05) is 53.6 Å². The summed E-state index contributed by atoms with van der Waals surface area (Å²) < 4.78 is 56.8. The second-order valence-electron chi connectivity index (χ2n) is 7.15. The highest BCUT2D eigenvalue weighted by Gasteiger charge is 2.57. The van der Waals surface area contributed by atoms with E-state index in [9.17, 15) is 23.4 Å². The van der Waals surface area contributed by atoms with E-state index in [0.717, 1.165) is 11.8 Å². The standard InChI is InChI=1S/C16H26F3N3O5S/c1-21(2)15-20-9-10(23)11(24)12(27-14(9)28-15)13(16(17,18)19)26-8-5-22-3-6-25-7-4-22/h9-14,23-24H,3-8H2,1-2H3/t9-,10-,11+,12?,13-,14-/m1/s1. The van der Waals surface area contributed by atoms with E-state index in [4.69, 9.17) is 14.2 Å². The Bertz CT molecular complexity index is 562. The summed E-state index contributed by atoms with van der Waals surface area (Å²) in [5, 5.41) is 21.2. The molecule has 3 rings (SSSR count). The summed E-state index contributed by atoms with van der Waals surface area (Å²) in [7, 11) is 3.47. The number of aliphatic hydroxyl groups excluding tert-OH is 2. The third kappa shape index (κ3) is 4.91. The van der Waals surface area contributed by atoms with E-state index in [-0.39, 0.29) is 6.61 Å². The SMILES string of the molecule is CN(C)C1=N[C@@H]2[C@@H](O)[C@H](O)C([C@@H](OCCN3CCOCC3)C(F)(F)F)O[C@@H]2S1. The maximum atomic E-state index is 13.6. The van der Waals surface area contributed by atoms with Gasteiger partial charge in [0, 0.05) is 33.7 Å². The fourth-order valence-corrected chi connectivity index (χ4v) is 4.50.